The number of fused-ring (bicyclic) bond motifs is 1. The van der Waals surface area contributed by atoms with Gasteiger partial charge in [-0.1, -0.05) is 36.4 Å². The third-order valence-electron chi connectivity index (χ3n) is 7.76. The van der Waals surface area contributed by atoms with Crippen LogP contribution in [-0.4, -0.2) is 43.3 Å². The zero-order valence-electron chi connectivity index (χ0n) is 20.9. The molecule has 1 aliphatic heterocycles. The van der Waals surface area contributed by atoms with Crippen LogP contribution in [-0.2, 0) is 25.7 Å². The van der Waals surface area contributed by atoms with Crippen LogP contribution < -0.4 is 10.1 Å². The fourth-order valence-electron chi connectivity index (χ4n) is 5.46. The average molecular weight is 471 g/mol. The monoisotopic (exact) mass is 470 g/mol. The number of benzene rings is 3. The summed E-state index contributed by atoms with van der Waals surface area (Å²) < 4.78 is 5.53. The van der Waals surface area contributed by atoms with Crippen molar-refractivity contribution in [1.29, 1.82) is 0 Å². The van der Waals surface area contributed by atoms with Gasteiger partial charge in [-0.15, -0.1) is 0 Å². The predicted octanol–water partition coefficient (Wildman–Crippen LogP) is 5.97. The molecule has 3 aromatic carbocycles. The van der Waals surface area contributed by atoms with E-state index in [-0.39, 0.29) is 0 Å². The molecule has 2 N–H and O–H groups in total. The lowest BCUT2D eigenvalue weighted by atomic mass is 9.79. The van der Waals surface area contributed by atoms with E-state index in [1.807, 2.05) is 12.1 Å². The number of phenolic OH excluding ortho intramolecular Hbond substituents is 1. The first kappa shape index (κ1) is 23.7. The second-order valence-electron chi connectivity index (χ2n) is 10.1. The molecule has 0 aromatic heterocycles. The summed E-state index contributed by atoms with van der Waals surface area (Å²) in [4.78, 5) is 2.53. The van der Waals surface area contributed by atoms with Gasteiger partial charge in [-0.05, 0) is 110 Å². The minimum atomic E-state index is 0.371. The molecule has 4 heteroatoms. The number of aromatic hydroxyl groups is 1. The molecule has 0 unspecified atom stereocenters. The third kappa shape index (κ3) is 5.99. The number of aryl methyl sites for hydroxylation is 2. The van der Waals surface area contributed by atoms with Gasteiger partial charge in [0.1, 0.15) is 11.5 Å². The second kappa shape index (κ2) is 11.2. The molecule has 1 saturated heterocycles. The Balaban J connectivity index is 1.16. The number of methoxy groups -OCH3 is 1. The predicted molar refractivity (Wildman–Crippen MR) is 144 cm³/mol. The van der Waals surface area contributed by atoms with E-state index in [0.29, 0.717) is 11.7 Å². The number of ether oxygens (including phenoxy) is 1. The van der Waals surface area contributed by atoms with Gasteiger partial charge in [-0.25, -0.2) is 0 Å². The molecule has 0 spiro atoms. The van der Waals surface area contributed by atoms with Gasteiger partial charge in [0.2, 0.25) is 0 Å². The minimum absolute atomic E-state index is 0.371. The molecule has 4 nitrogen and oxygen atoms in total. The Morgan fingerprint density at radius 2 is 1.74 bits per heavy atom. The number of nitrogens with zero attached hydrogens (tertiary/aromatic N) is 1. The van der Waals surface area contributed by atoms with E-state index in [2.05, 4.69) is 58.7 Å². The molecule has 0 amide bonds. The highest BCUT2D eigenvalue weighted by atomic mass is 16.5. The highest BCUT2D eigenvalue weighted by molar-refractivity contribution is 5.57. The summed E-state index contributed by atoms with van der Waals surface area (Å²) in [5.74, 6) is 1.74. The van der Waals surface area contributed by atoms with Crippen LogP contribution in [0, 0.1) is 0 Å². The lowest BCUT2D eigenvalue weighted by molar-refractivity contribution is 0.184. The SMILES string of the molecule is COc1ccc([C@@H]2CCc3cc(O)ccc3C2)c(NCCCc2ccc(CCN3CCC3)cc2)c1. The summed E-state index contributed by atoms with van der Waals surface area (Å²) in [6.07, 6.45) is 7.82. The number of phenols is 1. The van der Waals surface area contributed by atoms with Crippen LogP contribution in [0.5, 0.6) is 11.5 Å². The molecule has 5 rings (SSSR count). The van der Waals surface area contributed by atoms with Gasteiger partial charge in [0, 0.05) is 24.8 Å². The third-order valence-corrected chi connectivity index (χ3v) is 7.76. The van der Waals surface area contributed by atoms with E-state index < -0.39 is 0 Å². The molecule has 0 saturated carbocycles. The first-order chi connectivity index (χ1) is 17.2. The van der Waals surface area contributed by atoms with Gasteiger partial charge in [0.15, 0.2) is 0 Å². The van der Waals surface area contributed by atoms with Crippen LogP contribution in [0.2, 0.25) is 0 Å². The largest absolute Gasteiger partial charge is 0.508 e. The number of hydrogen-bond donors (Lipinski definition) is 2. The Bertz CT molecular complexity index is 1120. The molecular weight excluding hydrogens is 432 g/mol. The summed E-state index contributed by atoms with van der Waals surface area (Å²) in [7, 11) is 1.73. The van der Waals surface area contributed by atoms with Crippen LogP contribution >= 0.6 is 0 Å². The Morgan fingerprint density at radius 3 is 2.49 bits per heavy atom. The maximum atomic E-state index is 9.82. The number of likely N-dealkylation sites (tertiary alicyclic amines) is 1. The molecular formula is C31H38N2O2. The van der Waals surface area contributed by atoms with Gasteiger partial charge in [0.25, 0.3) is 0 Å². The smallest absolute Gasteiger partial charge is 0.120 e. The van der Waals surface area contributed by atoms with Crippen LogP contribution in [0.25, 0.3) is 0 Å². The highest BCUT2D eigenvalue weighted by Crippen LogP contribution is 2.38. The zero-order chi connectivity index (χ0) is 24.0. The van der Waals surface area contributed by atoms with Crippen molar-refractivity contribution in [2.45, 2.75) is 50.9 Å². The van der Waals surface area contributed by atoms with E-state index in [1.165, 1.54) is 59.6 Å². The molecule has 184 valence electrons. The Hall–Kier alpha value is -2.98. The first-order valence-electron chi connectivity index (χ1n) is 13.2. The second-order valence-corrected chi connectivity index (χ2v) is 10.1. The summed E-state index contributed by atoms with van der Waals surface area (Å²) in [6.45, 7) is 4.69. The quantitative estimate of drug-likeness (QED) is 0.359. The first-order valence-corrected chi connectivity index (χ1v) is 13.2. The van der Waals surface area contributed by atoms with Crippen molar-refractivity contribution in [2.75, 3.05) is 38.6 Å². The van der Waals surface area contributed by atoms with Crippen molar-refractivity contribution >= 4 is 5.69 Å². The Morgan fingerprint density at radius 1 is 0.943 bits per heavy atom. The topological polar surface area (TPSA) is 44.7 Å². The van der Waals surface area contributed by atoms with Gasteiger partial charge in [0.05, 0.1) is 7.11 Å². The van der Waals surface area contributed by atoms with E-state index in [9.17, 15) is 5.11 Å². The summed E-state index contributed by atoms with van der Waals surface area (Å²) >= 11 is 0. The lowest BCUT2D eigenvalue weighted by Gasteiger charge is -2.30. The van der Waals surface area contributed by atoms with Gasteiger partial charge < -0.3 is 20.1 Å². The van der Waals surface area contributed by atoms with E-state index in [4.69, 9.17) is 4.74 Å². The zero-order valence-corrected chi connectivity index (χ0v) is 20.9. The maximum absolute atomic E-state index is 9.82. The van der Waals surface area contributed by atoms with Crippen LogP contribution in [0.4, 0.5) is 5.69 Å². The molecule has 1 heterocycles. The van der Waals surface area contributed by atoms with E-state index in [0.717, 1.165) is 50.8 Å². The molecule has 1 atom stereocenters. The summed E-state index contributed by atoms with van der Waals surface area (Å²) in [5.41, 5.74) is 8.07. The van der Waals surface area contributed by atoms with E-state index >= 15 is 0 Å². The van der Waals surface area contributed by atoms with Crippen LogP contribution in [0.1, 0.15) is 53.0 Å². The minimum Gasteiger partial charge on any atom is -0.508 e. The molecule has 1 aliphatic carbocycles. The van der Waals surface area contributed by atoms with Crippen molar-refractivity contribution in [2.24, 2.45) is 0 Å². The summed E-state index contributed by atoms with van der Waals surface area (Å²) in [5, 5.41) is 13.5. The lowest BCUT2D eigenvalue weighted by Crippen LogP contribution is -2.38. The van der Waals surface area contributed by atoms with Gasteiger partial charge in [-0.2, -0.15) is 0 Å². The van der Waals surface area contributed by atoms with Crippen molar-refractivity contribution in [1.82, 2.24) is 4.90 Å². The fraction of sp³-hybridized carbons (Fsp3) is 0.419. The number of nitrogens with one attached hydrogen (secondary N) is 1. The number of rotatable bonds is 10. The van der Waals surface area contributed by atoms with Gasteiger partial charge in [-0.3, -0.25) is 0 Å². The molecule has 0 radical (unpaired) electrons. The van der Waals surface area contributed by atoms with Crippen LogP contribution in [0.3, 0.4) is 0 Å². The molecule has 3 aromatic rings. The van der Waals surface area contributed by atoms with Crippen molar-refractivity contribution < 1.29 is 9.84 Å². The van der Waals surface area contributed by atoms with Crippen molar-refractivity contribution in [3.63, 3.8) is 0 Å². The maximum Gasteiger partial charge on any atom is 0.120 e. The number of hydrogen-bond acceptors (Lipinski definition) is 4. The van der Waals surface area contributed by atoms with Gasteiger partial charge >= 0.3 is 0 Å². The van der Waals surface area contributed by atoms with Crippen molar-refractivity contribution in [3.8, 4) is 11.5 Å². The highest BCUT2D eigenvalue weighted by Gasteiger charge is 2.23. The average Bonchev–Trinajstić information content (AvgIpc) is 2.86. The molecule has 1 fully saturated rings. The standard InChI is InChI=1S/C31H38N2O2/c1-35-29-13-14-30(27-10-9-26-21-28(34)12-11-25(26)20-27)31(22-29)32-16-2-4-23-5-7-24(8-6-23)15-19-33-17-3-18-33/h5-8,11-14,21-22,27,32,34H,2-4,9-10,15-20H2,1H3/t27-/m1/s1. The molecule has 0 bridgehead atoms. The molecule has 35 heavy (non-hydrogen) atoms. The Labute approximate surface area is 209 Å². The molecule has 2 aliphatic rings. The summed E-state index contributed by atoms with van der Waals surface area (Å²) in [6, 6.07) is 21.5. The van der Waals surface area contributed by atoms with Crippen molar-refractivity contribution in [3.05, 3.63) is 88.5 Å². The van der Waals surface area contributed by atoms with Crippen LogP contribution in [0.15, 0.2) is 60.7 Å². The Kier molecular flexibility index (Phi) is 7.58. The fourth-order valence-corrected chi connectivity index (χ4v) is 5.46. The van der Waals surface area contributed by atoms with E-state index in [1.54, 1.807) is 7.11 Å². The number of anilines is 1. The normalized spacial score (nSPS) is 17.5.